The molecule has 1 aliphatic heterocycles. The predicted octanol–water partition coefficient (Wildman–Crippen LogP) is 3.18. The number of fused-ring (bicyclic) bond motifs is 3. The van der Waals surface area contributed by atoms with Crippen LogP contribution in [0.2, 0.25) is 0 Å². The quantitative estimate of drug-likeness (QED) is 0.728. The average Bonchev–Trinajstić information content (AvgIpc) is 2.84. The summed E-state index contributed by atoms with van der Waals surface area (Å²) in [6, 6.07) is 10.4. The molecule has 112 valence electrons. The Kier molecular flexibility index (Phi) is 3.39. The zero-order valence-electron chi connectivity index (χ0n) is 12.8. The van der Waals surface area contributed by atoms with Crippen molar-refractivity contribution in [1.29, 1.82) is 0 Å². The molecule has 0 spiro atoms. The van der Waals surface area contributed by atoms with E-state index in [0.717, 1.165) is 35.7 Å². The molecule has 0 saturated carbocycles. The fraction of sp³-hybridized carbons (Fsp3) is 0.294. The van der Waals surface area contributed by atoms with E-state index in [1.165, 1.54) is 16.2 Å². The van der Waals surface area contributed by atoms with Crippen molar-refractivity contribution in [2.75, 3.05) is 13.6 Å². The Balaban J connectivity index is 1.82. The van der Waals surface area contributed by atoms with E-state index in [9.17, 15) is 0 Å². The molecule has 0 fully saturated rings. The minimum Gasteiger partial charge on any atom is -0.302 e. The highest BCUT2D eigenvalue weighted by Crippen LogP contribution is 2.33. The average molecular weight is 310 g/mol. The van der Waals surface area contributed by atoms with Crippen LogP contribution in [0.15, 0.2) is 46.3 Å². The smallest absolute Gasteiger partial charge is 0.169 e. The molecule has 2 aromatic heterocycles. The molecule has 0 amide bonds. The molecular weight excluding hydrogens is 292 g/mol. The summed E-state index contributed by atoms with van der Waals surface area (Å²) in [7, 11) is 2.15. The third kappa shape index (κ3) is 2.30. The van der Waals surface area contributed by atoms with Crippen LogP contribution in [0.25, 0.3) is 5.65 Å². The van der Waals surface area contributed by atoms with E-state index in [2.05, 4.69) is 47.7 Å². The van der Waals surface area contributed by atoms with Crippen LogP contribution in [0.4, 0.5) is 0 Å². The van der Waals surface area contributed by atoms with Gasteiger partial charge in [0.1, 0.15) is 0 Å². The van der Waals surface area contributed by atoms with Gasteiger partial charge in [-0.15, -0.1) is 0 Å². The standard InChI is InChI=1S/C17H18N4S/c1-12-16(22-14-6-4-3-5-7-14)17-18-10-13-11-20(2)9-8-15(13)21(17)19-12/h3-7,10H,8-9,11H2,1-2H3. The number of benzene rings is 1. The first-order chi connectivity index (χ1) is 10.7. The molecule has 0 unspecified atom stereocenters. The predicted molar refractivity (Wildman–Crippen MR) is 88.3 cm³/mol. The maximum Gasteiger partial charge on any atom is 0.169 e. The van der Waals surface area contributed by atoms with Gasteiger partial charge in [0.05, 0.1) is 16.3 Å². The Bertz CT molecular complexity index is 826. The van der Waals surface area contributed by atoms with Gasteiger partial charge in [-0.3, -0.25) is 0 Å². The first-order valence-electron chi connectivity index (χ1n) is 7.50. The maximum atomic E-state index is 4.76. The van der Waals surface area contributed by atoms with Gasteiger partial charge in [-0.25, -0.2) is 9.50 Å². The summed E-state index contributed by atoms with van der Waals surface area (Å²) in [6.07, 6.45) is 3.05. The number of likely N-dealkylation sites (N-methyl/N-ethyl adjacent to an activating group) is 1. The monoisotopic (exact) mass is 310 g/mol. The van der Waals surface area contributed by atoms with Crippen molar-refractivity contribution < 1.29 is 0 Å². The number of rotatable bonds is 2. The zero-order valence-corrected chi connectivity index (χ0v) is 13.6. The van der Waals surface area contributed by atoms with Gasteiger partial charge in [0.15, 0.2) is 5.65 Å². The van der Waals surface area contributed by atoms with Crippen LogP contribution >= 0.6 is 11.8 Å². The lowest BCUT2D eigenvalue weighted by atomic mass is 10.1. The Morgan fingerprint density at radius 2 is 2.00 bits per heavy atom. The Morgan fingerprint density at radius 1 is 1.18 bits per heavy atom. The maximum absolute atomic E-state index is 4.76. The van der Waals surface area contributed by atoms with Gasteiger partial charge in [0, 0.05) is 36.2 Å². The van der Waals surface area contributed by atoms with Crippen molar-refractivity contribution in [3.8, 4) is 0 Å². The van der Waals surface area contributed by atoms with Crippen LogP contribution in [-0.2, 0) is 13.0 Å². The highest BCUT2D eigenvalue weighted by Gasteiger charge is 2.20. The topological polar surface area (TPSA) is 33.4 Å². The van der Waals surface area contributed by atoms with Gasteiger partial charge >= 0.3 is 0 Å². The number of hydrogen-bond acceptors (Lipinski definition) is 4. The summed E-state index contributed by atoms with van der Waals surface area (Å²) in [5, 5.41) is 4.76. The van der Waals surface area contributed by atoms with Crippen LogP contribution in [0.5, 0.6) is 0 Å². The molecular formula is C17H18N4S. The van der Waals surface area contributed by atoms with Gasteiger partial charge in [0.2, 0.25) is 0 Å². The largest absolute Gasteiger partial charge is 0.302 e. The third-order valence-corrected chi connectivity index (χ3v) is 5.28. The number of nitrogens with zero attached hydrogens (tertiary/aromatic N) is 4. The molecule has 1 aliphatic rings. The van der Waals surface area contributed by atoms with Crippen LogP contribution in [0.1, 0.15) is 17.0 Å². The van der Waals surface area contributed by atoms with Gasteiger partial charge in [-0.1, -0.05) is 30.0 Å². The molecule has 22 heavy (non-hydrogen) atoms. The molecule has 5 heteroatoms. The highest BCUT2D eigenvalue weighted by atomic mass is 32.2. The molecule has 0 N–H and O–H groups in total. The van der Waals surface area contributed by atoms with E-state index in [4.69, 9.17) is 10.1 Å². The summed E-state index contributed by atoms with van der Waals surface area (Å²) in [5.41, 5.74) is 4.63. The molecule has 0 aliphatic carbocycles. The van der Waals surface area contributed by atoms with Crippen LogP contribution in [0.3, 0.4) is 0 Å². The second kappa shape index (κ2) is 5.41. The molecule has 0 saturated heterocycles. The van der Waals surface area contributed by atoms with E-state index < -0.39 is 0 Å². The minimum atomic E-state index is 0.957. The molecule has 0 bridgehead atoms. The lowest BCUT2D eigenvalue weighted by Gasteiger charge is -2.24. The second-order valence-corrected chi connectivity index (χ2v) is 6.87. The van der Waals surface area contributed by atoms with Crippen molar-refractivity contribution in [2.45, 2.75) is 29.7 Å². The lowest BCUT2D eigenvalue weighted by Crippen LogP contribution is -2.28. The Morgan fingerprint density at radius 3 is 2.82 bits per heavy atom. The molecule has 4 nitrogen and oxygen atoms in total. The normalized spacial score (nSPS) is 15.2. The van der Waals surface area contributed by atoms with Gasteiger partial charge in [0.25, 0.3) is 0 Å². The van der Waals surface area contributed by atoms with Crippen LogP contribution < -0.4 is 0 Å². The molecule has 1 aromatic carbocycles. The first kappa shape index (κ1) is 13.8. The summed E-state index contributed by atoms with van der Waals surface area (Å²) in [5.74, 6) is 0. The van der Waals surface area contributed by atoms with E-state index in [0.29, 0.717) is 0 Å². The summed E-state index contributed by atoms with van der Waals surface area (Å²) >= 11 is 1.75. The summed E-state index contributed by atoms with van der Waals surface area (Å²) in [6.45, 7) is 4.10. The number of aryl methyl sites for hydroxylation is 1. The lowest BCUT2D eigenvalue weighted by molar-refractivity contribution is 0.307. The Labute approximate surface area is 134 Å². The first-order valence-corrected chi connectivity index (χ1v) is 8.31. The van der Waals surface area contributed by atoms with E-state index in [1.54, 1.807) is 11.8 Å². The second-order valence-electron chi connectivity index (χ2n) is 5.78. The minimum absolute atomic E-state index is 0.957. The fourth-order valence-electron chi connectivity index (χ4n) is 2.94. The third-order valence-electron chi connectivity index (χ3n) is 4.09. The van der Waals surface area contributed by atoms with Crippen LogP contribution in [-0.4, -0.2) is 33.1 Å². The fourth-order valence-corrected chi connectivity index (χ4v) is 3.89. The van der Waals surface area contributed by atoms with Crippen molar-refractivity contribution in [3.05, 3.63) is 53.5 Å². The molecule has 3 aromatic rings. The molecule has 3 heterocycles. The molecule has 0 atom stereocenters. The summed E-state index contributed by atoms with van der Waals surface area (Å²) < 4.78 is 2.06. The van der Waals surface area contributed by atoms with Gasteiger partial charge < -0.3 is 4.90 Å². The molecule has 4 rings (SSSR count). The zero-order chi connectivity index (χ0) is 15.1. The van der Waals surface area contributed by atoms with Crippen molar-refractivity contribution in [1.82, 2.24) is 19.5 Å². The number of aromatic nitrogens is 3. The van der Waals surface area contributed by atoms with Crippen molar-refractivity contribution in [3.63, 3.8) is 0 Å². The van der Waals surface area contributed by atoms with E-state index in [1.807, 2.05) is 12.3 Å². The SMILES string of the molecule is Cc1nn2c3c(cnc2c1Sc1ccccc1)CN(C)CC3. The van der Waals surface area contributed by atoms with Gasteiger partial charge in [-0.2, -0.15) is 5.10 Å². The van der Waals surface area contributed by atoms with E-state index >= 15 is 0 Å². The Hall–Kier alpha value is -1.85. The van der Waals surface area contributed by atoms with E-state index in [-0.39, 0.29) is 0 Å². The van der Waals surface area contributed by atoms with Crippen molar-refractivity contribution in [2.24, 2.45) is 0 Å². The molecule has 0 radical (unpaired) electrons. The van der Waals surface area contributed by atoms with Gasteiger partial charge in [-0.05, 0) is 26.1 Å². The van der Waals surface area contributed by atoms with Crippen LogP contribution in [0, 0.1) is 6.92 Å². The van der Waals surface area contributed by atoms with Crippen molar-refractivity contribution >= 4 is 17.4 Å². The summed E-state index contributed by atoms with van der Waals surface area (Å²) in [4.78, 5) is 9.41. The highest BCUT2D eigenvalue weighted by molar-refractivity contribution is 7.99. The number of hydrogen-bond donors (Lipinski definition) is 0.